The molecule has 4 rings (SSSR count). The second-order valence-corrected chi connectivity index (χ2v) is 6.54. The maximum atomic E-state index is 4.63. The molecular formula is C22H22N6. The Bertz CT molecular complexity index is 1050. The lowest BCUT2D eigenvalue weighted by molar-refractivity contribution is 0.795. The molecule has 2 heterocycles. The fraction of sp³-hybridized carbons (Fsp3) is 0.182. The van der Waals surface area contributed by atoms with Crippen molar-refractivity contribution >= 4 is 34.3 Å². The molecule has 0 bridgehead atoms. The van der Waals surface area contributed by atoms with E-state index in [0.717, 1.165) is 17.8 Å². The predicted molar refractivity (Wildman–Crippen MR) is 113 cm³/mol. The number of unbranched alkanes of at least 4 members (excludes halogenated alkanes) is 1. The van der Waals surface area contributed by atoms with E-state index in [2.05, 4.69) is 61.8 Å². The summed E-state index contributed by atoms with van der Waals surface area (Å²) in [6.45, 7) is 2.21. The van der Waals surface area contributed by atoms with Crippen LogP contribution in [0.2, 0.25) is 0 Å². The summed E-state index contributed by atoms with van der Waals surface area (Å²) in [6, 6.07) is 18.3. The lowest BCUT2D eigenvalue weighted by Crippen LogP contribution is -2.04. The Morgan fingerprint density at radius 1 is 0.786 bits per heavy atom. The standard InChI is InChI=1S/C22H22N6/c1-2-3-7-16-10-12-18(13-11-16)26-22-27-20-19(23-14-15-24-20)21(28-22)25-17-8-5-4-6-9-17/h4-6,8-15H,2-3,7H2,1H3,(H2,24,25,26,27,28). The van der Waals surface area contributed by atoms with Crippen LogP contribution in [0.25, 0.3) is 11.2 Å². The average Bonchev–Trinajstić information content (AvgIpc) is 2.74. The largest absolute Gasteiger partial charge is 0.338 e. The Kier molecular flexibility index (Phi) is 5.38. The number of anilines is 4. The minimum atomic E-state index is 0.479. The van der Waals surface area contributed by atoms with Gasteiger partial charge >= 0.3 is 0 Å². The molecule has 0 atom stereocenters. The van der Waals surface area contributed by atoms with Crippen molar-refractivity contribution in [3.63, 3.8) is 0 Å². The summed E-state index contributed by atoms with van der Waals surface area (Å²) in [4.78, 5) is 17.9. The van der Waals surface area contributed by atoms with Crippen molar-refractivity contribution < 1.29 is 0 Å². The summed E-state index contributed by atoms with van der Waals surface area (Å²) in [6.07, 6.45) is 6.78. The van der Waals surface area contributed by atoms with Gasteiger partial charge < -0.3 is 10.6 Å². The number of hydrogen-bond acceptors (Lipinski definition) is 6. The fourth-order valence-electron chi connectivity index (χ4n) is 2.93. The topological polar surface area (TPSA) is 75.6 Å². The first-order valence-electron chi connectivity index (χ1n) is 9.48. The molecular weight excluding hydrogens is 348 g/mol. The van der Waals surface area contributed by atoms with Gasteiger partial charge in [0.2, 0.25) is 5.95 Å². The Hall–Kier alpha value is -3.54. The van der Waals surface area contributed by atoms with Crippen LogP contribution in [-0.4, -0.2) is 19.9 Å². The van der Waals surface area contributed by atoms with Crippen molar-refractivity contribution in [3.8, 4) is 0 Å². The first kappa shape index (κ1) is 17.9. The lowest BCUT2D eigenvalue weighted by atomic mass is 10.1. The summed E-state index contributed by atoms with van der Waals surface area (Å²) < 4.78 is 0. The van der Waals surface area contributed by atoms with Crippen LogP contribution in [0.4, 0.5) is 23.1 Å². The van der Waals surface area contributed by atoms with Gasteiger partial charge in [0.1, 0.15) is 0 Å². The number of benzene rings is 2. The number of hydrogen-bond donors (Lipinski definition) is 2. The molecule has 0 aliphatic carbocycles. The molecule has 2 aromatic carbocycles. The van der Waals surface area contributed by atoms with Crippen LogP contribution in [-0.2, 0) is 6.42 Å². The zero-order valence-electron chi connectivity index (χ0n) is 15.8. The maximum absolute atomic E-state index is 4.63. The van der Waals surface area contributed by atoms with Gasteiger partial charge in [0.15, 0.2) is 17.0 Å². The van der Waals surface area contributed by atoms with Gasteiger partial charge in [-0.3, -0.25) is 0 Å². The lowest BCUT2D eigenvalue weighted by Gasteiger charge is -2.11. The molecule has 0 saturated heterocycles. The quantitative estimate of drug-likeness (QED) is 0.463. The summed E-state index contributed by atoms with van der Waals surface area (Å²) in [5.74, 6) is 1.10. The Morgan fingerprint density at radius 2 is 1.54 bits per heavy atom. The van der Waals surface area contributed by atoms with Crippen molar-refractivity contribution in [2.75, 3.05) is 10.6 Å². The smallest absolute Gasteiger partial charge is 0.231 e. The molecule has 0 aliphatic rings. The second-order valence-electron chi connectivity index (χ2n) is 6.54. The Balaban J connectivity index is 1.62. The number of aromatic nitrogens is 4. The van der Waals surface area contributed by atoms with Gasteiger partial charge in [0.25, 0.3) is 0 Å². The monoisotopic (exact) mass is 370 g/mol. The number of para-hydroxylation sites is 1. The molecule has 2 N–H and O–H groups in total. The van der Waals surface area contributed by atoms with E-state index in [-0.39, 0.29) is 0 Å². The van der Waals surface area contributed by atoms with Crippen molar-refractivity contribution in [2.24, 2.45) is 0 Å². The predicted octanol–water partition coefficient (Wildman–Crippen LogP) is 5.25. The van der Waals surface area contributed by atoms with E-state index in [1.807, 2.05) is 30.3 Å². The van der Waals surface area contributed by atoms with E-state index in [1.165, 1.54) is 18.4 Å². The summed E-state index contributed by atoms with van der Waals surface area (Å²) >= 11 is 0. The number of nitrogens with one attached hydrogen (secondary N) is 2. The minimum Gasteiger partial charge on any atom is -0.338 e. The van der Waals surface area contributed by atoms with Crippen LogP contribution in [0.1, 0.15) is 25.3 Å². The molecule has 0 fully saturated rings. The van der Waals surface area contributed by atoms with Gasteiger partial charge in [-0.15, -0.1) is 0 Å². The van der Waals surface area contributed by atoms with Crippen molar-refractivity contribution in [3.05, 3.63) is 72.6 Å². The first-order chi connectivity index (χ1) is 13.8. The summed E-state index contributed by atoms with van der Waals surface area (Å²) in [5, 5.41) is 6.59. The van der Waals surface area contributed by atoms with Gasteiger partial charge in [-0.1, -0.05) is 43.7 Å². The van der Waals surface area contributed by atoms with E-state index in [9.17, 15) is 0 Å². The van der Waals surface area contributed by atoms with Crippen LogP contribution >= 0.6 is 0 Å². The van der Waals surface area contributed by atoms with Gasteiger partial charge in [-0.2, -0.15) is 9.97 Å². The second kappa shape index (κ2) is 8.43. The molecule has 140 valence electrons. The molecule has 6 heteroatoms. The highest BCUT2D eigenvalue weighted by Gasteiger charge is 2.10. The average molecular weight is 370 g/mol. The van der Waals surface area contributed by atoms with Gasteiger partial charge in [-0.05, 0) is 42.7 Å². The Morgan fingerprint density at radius 3 is 2.32 bits per heavy atom. The molecule has 0 unspecified atom stereocenters. The van der Waals surface area contributed by atoms with Crippen LogP contribution in [0.3, 0.4) is 0 Å². The number of rotatable bonds is 7. The third kappa shape index (κ3) is 4.23. The highest BCUT2D eigenvalue weighted by atomic mass is 15.2. The Labute approximate surface area is 164 Å². The van der Waals surface area contributed by atoms with Crippen LogP contribution in [0.5, 0.6) is 0 Å². The molecule has 0 aliphatic heterocycles. The van der Waals surface area contributed by atoms with E-state index in [4.69, 9.17) is 0 Å². The van der Waals surface area contributed by atoms with Crippen LogP contribution < -0.4 is 10.6 Å². The van der Waals surface area contributed by atoms with E-state index in [0.29, 0.717) is 22.9 Å². The zero-order valence-corrected chi connectivity index (χ0v) is 15.8. The van der Waals surface area contributed by atoms with Gasteiger partial charge in [-0.25, -0.2) is 9.97 Å². The van der Waals surface area contributed by atoms with Crippen molar-refractivity contribution in [1.82, 2.24) is 19.9 Å². The van der Waals surface area contributed by atoms with Gasteiger partial charge in [0, 0.05) is 23.8 Å². The van der Waals surface area contributed by atoms with Gasteiger partial charge in [0.05, 0.1) is 0 Å². The first-order valence-corrected chi connectivity index (χ1v) is 9.48. The number of fused-ring (bicyclic) bond motifs is 1. The number of aryl methyl sites for hydroxylation is 1. The molecule has 0 amide bonds. The molecule has 0 saturated carbocycles. The molecule has 2 aromatic heterocycles. The van der Waals surface area contributed by atoms with Crippen LogP contribution in [0, 0.1) is 0 Å². The molecule has 6 nitrogen and oxygen atoms in total. The summed E-state index contributed by atoms with van der Waals surface area (Å²) in [5.41, 5.74) is 4.38. The fourth-order valence-corrected chi connectivity index (χ4v) is 2.93. The highest BCUT2D eigenvalue weighted by molar-refractivity contribution is 5.85. The maximum Gasteiger partial charge on any atom is 0.231 e. The third-order valence-electron chi connectivity index (χ3n) is 4.40. The third-order valence-corrected chi connectivity index (χ3v) is 4.40. The highest BCUT2D eigenvalue weighted by Crippen LogP contribution is 2.24. The van der Waals surface area contributed by atoms with Crippen LogP contribution in [0.15, 0.2) is 67.0 Å². The SMILES string of the molecule is CCCCc1ccc(Nc2nc(Nc3ccccc3)c3nccnc3n2)cc1. The van der Waals surface area contributed by atoms with E-state index < -0.39 is 0 Å². The zero-order chi connectivity index (χ0) is 19.2. The normalized spacial score (nSPS) is 10.8. The molecule has 28 heavy (non-hydrogen) atoms. The molecule has 4 aromatic rings. The molecule has 0 spiro atoms. The molecule has 0 radical (unpaired) electrons. The number of nitrogens with zero attached hydrogens (tertiary/aromatic N) is 4. The van der Waals surface area contributed by atoms with E-state index >= 15 is 0 Å². The minimum absolute atomic E-state index is 0.479. The van der Waals surface area contributed by atoms with Crippen molar-refractivity contribution in [2.45, 2.75) is 26.2 Å². The van der Waals surface area contributed by atoms with E-state index in [1.54, 1.807) is 12.4 Å². The summed E-state index contributed by atoms with van der Waals surface area (Å²) in [7, 11) is 0. The van der Waals surface area contributed by atoms with Crippen molar-refractivity contribution in [1.29, 1.82) is 0 Å².